The number of hydrogen-bond acceptors (Lipinski definition) is 3. The van der Waals surface area contributed by atoms with Crippen LogP contribution in [0.4, 0.5) is 11.4 Å². The fourth-order valence-electron chi connectivity index (χ4n) is 4.61. The normalized spacial score (nSPS) is 22.8. The third kappa shape index (κ3) is 3.46. The van der Waals surface area contributed by atoms with Crippen molar-refractivity contribution in [2.24, 2.45) is 5.41 Å². The molecule has 0 amide bonds. The van der Waals surface area contributed by atoms with Crippen LogP contribution in [0.25, 0.3) is 0 Å². The van der Waals surface area contributed by atoms with Crippen molar-refractivity contribution in [1.29, 1.82) is 0 Å². The van der Waals surface area contributed by atoms with Crippen LogP contribution in [0.15, 0.2) is 29.3 Å². The first-order valence-corrected chi connectivity index (χ1v) is 9.44. The highest BCUT2D eigenvalue weighted by atomic mass is 15.1. The summed E-state index contributed by atoms with van der Waals surface area (Å²) in [6, 6.07) is 6.09. The van der Waals surface area contributed by atoms with Crippen molar-refractivity contribution in [2.45, 2.75) is 58.8 Å². The van der Waals surface area contributed by atoms with Crippen molar-refractivity contribution >= 4 is 11.4 Å². The van der Waals surface area contributed by atoms with E-state index in [1.165, 1.54) is 37.7 Å². The number of rotatable bonds is 3. The molecule has 0 bridgehead atoms. The maximum atomic E-state index is 6.21. The van der Waals surface area contributed by atoms with E-state index in [2.05, 4.69) is 31.7 Å². The number of hydrogen-bond donors (Lipinski definition) is 2. The predicted octanol–water partition coefficient (Wildman–Crippen LogP) is 4.56. The first-order valence-electron chi connectivity index (χ1n) is 9.44. The largest absolute Gasteiger partial charge is 0.397 e. The second-order valence-corrected chi connectivity index (χ2v) is 8.40. The standard InChI is InChI=1S/C21H33N3/c1-15-6-5-11-21(2,3)18(15)14-24-12-9-16(10-13-24)17-7-4-8-19(22)20(17)23/h4,7-8,16H,5-6,9-14,22-23H2,1-3H3. The van der Waals surface area contributed by atoms with Crippen LogP contribution in [-0.4, -0.2) is 24.5 Å². The molecule has 0 aromatic heterocycles. The van der Waals surface area contributed by atoms with Crippen LogP contribution in [0.3, 0.4) is 0 Å². The maximum Gasteiger partial charge on any atom is 0.0583 e. The van der Waals surface area contributed by atoms with E-state index in [-0.39, 0.29) is 0 Å². The zero-order valence-corrected chi connectivity index (χ0v) is 15.6. The van der Waals surface area contributed by atoms with Crippen molar-refractivity contribution in [2.75, 3.05) is 31.1 Å². The van der Waals surface area contributed by atoms with Gasteiger partial charge in [0.25, 0.3) is 0 Å². The summed E-state index contributed by atoms with van der Waals surface area (Å²) in [5.41, 5.74) is 18.7. The molecule has 1 aliphatic carbocycles. The van der Waals surface area contributed by atoms with Crippen LogP contribution in [-0.2, 0) is 0 Å². The van der Waals surface area contributed by atoms with E-state index < -0.39 is 0 Å². The highest BCUT2D eigenvalue weighted by Gasteiger charge is 2.31. The molecule has 1 aromatic carbocycles. The number of allylic oxidation sites excluding steroid dienone is 1. The molecule has 3 heteroatoms. The van der Waals surface area contributed by atoms with Gasteiger partial charge in [-0.05, 0) is 75.1 Å². The van der Waals surface area contributed by atoms with Crippen molar-refractivity contribution in [3.05, 3.63) is 34.9 Å². The van der Waals surface area contributed by atoms with E-state index in [4.69, 9.17) is 11.5 Å². The summed E-state index contributed by atoms with van der Waals surface area (Å²) in [6.07, 6.45) is 6.32. The number of nitrogens with two attached hydrogens (primary N) is 2. The molecule has 0 saturated carbocycles. The number of nitrogen functional groups attached to an aromatic ring is 2. The van der Waals surface area contributed by atoms with Crippen molar-refractivity contribution in [1.82, 2.24) is 4.90 Å². The van der Waals surface area contributed by atoms with Gasteiger partial charge in [-0.25, -0.2) is 0 Å². The van der Waals surface area contributed by atoms with Gasteiger partial charge in [0.15, 0.2) is 0 Å². The number of piperidine rings is 1. The molecule has 4 N–H and O–H groups in total. The lowest BCUT2D eigenvalue weighted by molar-refractivity contribution is 0.208. The number of anilines is 2. The maximum absolute atomic E-state index is 6.21. The summed E-state index contributed by atoms with van der Waals surface area (Å²) in [7, 11) is 0. The van der Waals surface area contributed by atoms with E-state index >= 15 is 0 Å². The molecule has 2 aliphatic rings. The topological polar surface area (TPSA) is 55.3 Å². The summed E-state index contributed by atoms with van der Waals surface area (Å²) in [5.74, 6) is 0.555. The lowest BCUT2D eigenvalue weighted by Crippen LogP contribution is -2.38. The molecule has 1 aliphatic heterocycles. The second-order valence-electron chi connectivity index (χ2n) is 8.40. The van der Waals surface area contributed by atoms with E-state index in [1.54, 1.807) is 11.1 Å². The number of nitrogens with zero attached hydrogens (tertiary/aromatic N) is 1. The zero-order chi connectivity index (χ0) is 17.3. The smallest absolute Gasteiger partial charge is 0.0583 e. The molecule has 3 nitrogen and oxygen atoms in total. The first-order chi connectivity index (χ1) is 11.4. The van der Waals surface area contributed by atoms with E-state index in [1.807, 2.05) is 12.1 Å². The van der Waals surface area contributed by atoms with Gasteiger partial charge in [0.05, 0.1) is 11.4 Å². The molecule has 132 valence electrons. The number of benzene rings is 1. The Kier molecular flexibility index (Phi) is 4.91. The highest BCUT2D eigenvalue weighted by Crippen LogP contribution is 2.41. The summed E-state index contributed by atoms with van der Waals surface area (Å²) in [5, 5.41) is 0. The summed E-state index contributed by atoms with van der Waals surface area (Å²) >= 11 is 0. The summed E-state index contributed by atoms with van der Waals surface area (Å²) in [6.45, 7) is 10.7. The Morgan fingerprint density at radius 2 is 1.88 bits per heavy atom. The predicted molar refractivity (Wildman–Crippen MR) is 104 cm³/mol. The molecule has 1 fully saturated rings. The molecule has 1 aromatic rings. The minimum atomic E-state index is 0.373. The molecular weight excluding hydrogens is 294 g/mol. The van der Waals surface area contributed by atoms with E-state index in [0.717, 1.165) is 31.0 Å². The summed E-state index contributed by atoms with van der Waals surface area (Å²) < 4.78 is 0. The molecule has 0 spiro atoms. The summed E-state index contributed by atoms with van der Waals surface area (Å²) in [4.78, 5) is 2.64. The minimum absolute atomic E-state index is 0.373. The van der Waals surface area contributed by atoms with Crippen molar-refractivity contribution < 1.29 is 0 Å². The average molecular weight is 328 g/mol. The third-order valence-electron chi connectivity index (χ3n) is 6.27. The van der Waals surface area contributed by atoms with Gasteiger partial charge in [-0.15, -0.1) is 0 Å². The Morgan fingerprint density at radius 3 is 2.54 bits per heavy atom. The zero-order valence-electron chi connectivity index (χ0n) is 15.6. The van der Waals surface area contributed by atoms with Crippen LogP contribution in [0.5, 0.6) is 0 Å². The van der Waals surface area contributed by atoms with Gasteiger partial charge in [-0.1, -0.05) is 37.1 Å². The number of para-hydroxylation sites is 1. The van der Waals surface area contributed by atoms with E-state index in [9.17, 15) is 0 Å². The fraction of sp³-hybridized carbons (Fsp3) is 0.619. The first kappa shape index (κ1) is 17.3. The van der Waals surface area contributed by atoms with Gasteiger partial charge in [0, 0.05) is 6.54 Å². The Hall–Kier alpha value is -1.48. The Morgan fingerprint density at radius 1 is 1.17 bits per heavy atom. The third-order valence-corrected chi connectivity index (χ3v) is 6.27. The quantitative estimate of drug-likeness (QED) is 0.632. The Balaban J connectivity index is 1.64. The molecule has 3 rings (SSSR count). The van der Waals surface area contributed by atoms with Crippen molar-refractivity contribution in [3.63, 3.8) is 0 Å². The van der Waals surface area contributed by atoms with Crippen LogP contribution in [0.2, 0.25) is 0 Å². The van der Waals surface area contributed by atoms with Gasteiger partial charge in [0.1, 0.15) is 0 Å². The van der Waals surface area contributed by atoms with Crippen LogP contribution < -0.4 is 11.5 Å². The fourth-order valence-corrected chi connectivity index (χ4v) is 4.61. The molecular formula is C21H33N3. The monoisotopic (exact) mass is 327 g/mol. The molecule has 24 heavy (non-hydrogen) atoms. The SMILES string of the molecule is CC1=C(CN2CCC(c3cccc(N)c3N)CC2)C(C)(C)CCC1. The number of likely N-dealkylation sites (tertiary alicyclic amines) is 1. The Bertz CT molecular complexity index is 622. The second kappa shape index (κ2) is 6.79. The minimum Gasteiger partial charge on any atom is -0.397 e. The highest BCUT2D eigenvalue weighted by molar-refractivity contribution is 5.68. The molecule has 1 saturated heterocycles. The average Bonchev–Trinajstić information content (AvgIpc) is 2.54. The van der Waals surface area contributed by atoms with Crippen LogP contribution in [0.1, 0.15) is 64.4 Å². The van der Waals surface area contributed by atoms with Crippen LogP contribution in [0, 0.1) is 5.41 Å². The van der Waals surface area contributed by atoms with Gasteiger partial charge >= 0.3 is 0 Å². The van der Waals surface area contributed by atoms with Crippen LogP contribution >= 0.6 is 0 Å². The van der Waals surface area contributed by atoms with Crippen molar-refractivity contribution in [3.8, 4) is 0 Å². The lowest BCUT2D eigenvalue weighted by atomic mass is 9.72. The molecule has 0 radical (unpaired) electrons. The molecule has 0 unspecified atom stereocenters. The van der Waals surface area contributed by atoms with Gasteiger partial charge < -0.3 is 11.5 Å². The Labute approximate surface area is 147 Å². The lowest BCUT2D eigenvalue weighted by Gasteiger charge is -2.40. The van der Waals surface area contributed by atoms with E-state index in [0.29, 0.717) is 11.3 Å². The van der Waals surface area contributed by atoms with Gasteiger partial charge in [0.2, 0.25) is 0 Å². The van der Waals surface area contributed by atoms with Gasteiger partial charge in [-0.2, -0.15) is 0 Å². The molecule has 0 atom stereocenters. The molecule has 1 heterocycles. The van der Waals surface area contributed by atoms with Gasteiger partial charge in [-0.3, -0.25) is 4.90 Å².